The van der Waals surface area contributed by atoms with E-state index in [0.717, 1.165) is 17.1 Å². The number of aliphatic hydroxyl groups excluding tert-OH is 1. The van der Waals surface area contributed by atoms with Gasteiger partial charge in [0.25, 0.3) is 0 Å². The molecule has 0 spiro atoms. The van der Waals surface area contributed by atoms with Crippen molar-refractivity contribution in [2.75, 3.05) is 13.2 Å². The second kappa shape index (κ2) is 7.81. The summed E-state index contributed by atoms with van der Waals surface area (Å²) < 4.78 is 5.67. The first-order valence-corrected chi connectivity index (χ1v) is 7.28. The van der Waals surface area contributed by atoms with Crippen molar-refractivity contribution >= 4 is 0 Å². The van der Waals surface area contributed by atoms with Crippen molar-refractivity contribution < 1.29 is 9.84 Å². The highest BCUT2D eigenvalue weighted by molar-refractivity contribution is 5.33. The van der Waals surface area contributed by atoms with Gasteiger partial charge in [-0.1, -0.05) is 18.2 Å². The quantitative estimate of drug-likeness (QED) is 0.782. The van der Waals surface area contributed by atoms with Crippen LogP contribution in [-0.2, 0) is 13.1 Å². The summed E-state index contributed by atoms with van der Waals surface area (Å²) in [6, 6.07) is 8.01. The summed E-state index contributed by atoms with van der Waals surface area (Å²) in [6.45, 7) is 6.38. The lowest BCUT2D eigenvalue weighted by molar-refractivity contribution is 0.116. The van der Waals surface area contributed by atoms with E-state index in [4.69, 9.17) is 4.74 Å². The zero-order valence-electron chi connectivity index (χ0n) is 12.6. The molecule has 2 rings (SSSR count). The third kappa shape index (κ3) is 4.88. The van der Waals surface area contributed by atoms with Crippen molar-refractivity contribution in [3.63, 3.8) is 0 Å². The number of hydrogen-bond acceptors (Lipinski definition) is 4. The average Bonchev–Trinajstić information content (AvgIpc) is 2.93. The summed E-state index contributed by atoms with van der Waals surface area (Å²) in [6.07, 6.45) is 3.16. The van der Waals surface area contributed by atoms with Crippen molar-refractivity contribution in [3.8, 4) is 5.75 Å². The van der Waals surface area contributed by atoms with E-state index in [9.17, 15) is 5.11 Å². The number of H-pyrrole nitrogens is 1. The number of aromatic amines is 1. The average molecular weight is 289 g/mol. The van der Waals surface area contributed by atoms with Gasteiger partial charge >= 0.3 is 0 Å². The minimum Gasteiger partial charge on any atom is -0.494 e. The number of hydrogen-bond donors (Lipinski definition) is 2. The Labute approximate surface area is 125 Å². The van der Waals surface area contributed by atoms with Crippen LogP contribution in [0.15, 0.2) is 36.7 Å². The Morgan fingerprint density at radius 1 is 1.33 bits per heavy atom. The summed E-state index contributed by atoms with van der Waals surface area (Å²) in [7, 11) is 0. The molecule has 0 aliphatic heterocycles. The van der Waals surface area contributed by atoms with Gasteiger partial charge in [0.2, 0.25) is 0 Å². The molecular weight excluding hydrogens is 266 g/mol. The zero-order chi connectivity index (χ0) is 15.1. The van der Waals surface area contributed by atoms with E-state index in [1.165, 1.54) is 0 Å². The summed E-state index contributed by atoms with van der Waals surface area (Å²) in [5.74, 6) is 1.79. The molecular formula is C16H23N3O2. The largest absolute Gasteiger partial charge is 0.494 e. The Hall–Kier alpha value is -1.85. The number of nitrogens with zero attached hydrogens (tertiary/aromatic N) is 2. The van der Waals surface area contributed by atoms with Crippen LogP contribution in [0.3, 0.4) is 0 Å². The second-order valence-electron chi connectivity index (χ2n) is 5.10. The van der Waals surface area contributed by atoms with Gasteiger partial charge < -0.3 is 14.8 Å². The standard InChI is InChI=1S/C16H23N3O2/c1-3-21-15-7-5-4-6-14(15)11-19(10-13(2)20)12-16-17-8-9-18-16/h4-9,13,20H,3,10-12H2,1-2H3,(H,17,18)/t13-/m0/s1. The SMILES string of the molecule is CCOc1ccccc1CN(Cc1ncc[nH]1)C[C@H](C)O. The summed E-state index contributed by atoms with van der Waals surface area (Å²) >= 11 is 0. The Morgan fingerprint density at radius 3 is 2.81 bits per heavy atom. The number of benzene rings is 1. The fourth-order valence-corrected chi connectivity index (χ4v) is 2.33. The third-order valence-corrected chi connectivity index (χ3v) is 3.12. The number of aromatic nitrogens is 2. The molecule has 0 aliphatic rings. The van der Waals surface area contributed by atoms with Gasteiger partial charge in [-0.25, -0.2) is 4.98 Å². The molecule has 0 unspecified atom stereocenters. The van der Waals surface area contributed by atoms with Crippen LogP contribution in [0.4, 0.5) is 0 Å². The first-order chi connectivity index (χ1) is 10.2. The number of ether oxygens (including phenoxy) is 1. The fraction of sp³-hybridized carbons (Fsp3) is 0.438. The van der Waals surface area contributed by atoms with Crippen molar-refractivity contribution in [2.24, 2.45) is 0 Å². The lowest BCUT2D eigenvalue weighted by Gasteiger charge is -2.24. The number of aliphatic hydroxyl groups is 1. The van der Waals surface area contributed by atoms with E-state index in [0.29, 0.717) is 26.2 Å². The van der Waals surface area contributed by atoms with E-state index in [-0.39, 0.29) is 6.10 Å². The van der Waals surface area contributed by atoms with Crippen LogP contribution >= 0.6 is 0 Å². The van der Waals surface area contributed by atoms with Gasteiger partial charge in [0.1, 0.15) is 11.6 Å². The van der Waals surface area contributed by atoms with Gasteiger partial charge in [0, 0.05) is 31.0 Å². The van der Waals surface area contributed by atoms with E-state index in [2.05, 4.69) is 20.9 Å². The predicted octanol–water partition coefficient (Wildman–Crippen LogP) is 2.19. The molecule has 21 heavy (non-hydrogen) atoms. The number of nitrogens with one attached hydrogen (secondary N) is 1. The molecule has 1 atom stereocenters. The minimum absolute atomic E-state index is 0.390. The maximum Gasteiger partial charge on any atom is 0.123 e. The van der Waals surface area contributed by atoms with Crippen LogP contribution in [0, 0.1) is 0 Å². The van der Waals surface area contributed by atoms with Crippen LogP contribution in [0.25, 0.3) is 0 Å². The van der Waals surface area contributed by atoms with Gasteiger partial charge in [-0.3, -0.25) is 4.90 Å². The van der Waals surface area contributed by atoms with Crippen molar-refractivity contribution in [2.45, 2.75) is 33.0 Å². The summed E-state index contributed by atoms with van der Waals surface area (Å²) in [5.41, 5.74) is 1.12. The fourth-order valence-electron chi connectivity index (χ4n) is 2.33. The third-order valence-electron chi connectivity index (χ3n) is 3.12. The highest BCUT2D eigenvalue weighted by atomic mass is 16.5. The van der Waals surface area contributed by atoms with E-state index >= 15 is 0 Å². The molecule has 1 aromatic heterocycles. The Kier molecular flexibility index (Phi) is 5.78. The molecule has 1 aromatic carbocycles. The van der Waals surface area contributed by atoms with Crippen LogP contribution in [0.2, 0.25) is 0 Å². The lowest BCUT2D eigenvalue weighted by Crippen LogP contribution is -2.30. The highest BCUT2D eigenvalue weighted by Gasteiger charge is 2.13. The Morgan fingerprint density at radius 2 is 2.14 bits per heavy atom. The minimum atomic E-state index is -0.390. The van der Waals surface area contributed by atoms with E-state index in [1.807, 2.05) is 31.3 Å². The second-order valence-corrected chi connectivity index (χ2v) is 5.10. The molecule has 0 bridgehead atoms. The summed E-state index contributed by atoms with van der Waals surface area (Å²) in [5, 5.41) is 9.70. The van der Waals surface area contributed by atoms with Crippen molar-refractivity contribution in [1.82, 2.24) is 14.9 Å². The monoisotopic (exact) mass is 289 g/mol. The Bertz CT molecular complexity index is 526. The molecule has 114 valence electrons. The van der Waals surface area contributed by atoms with Crippen molar-refractivity contribution in [3.05, 3.63) is 48.0 Å². The smallest absolute Gasteiger partial charge is 0.123 e. The first kappa shape index (κ1) is 15.5. The normalized spacial score (nSPS) is 12.6. The molecule has 0 saturated carbocycles. The number of rotatable bonds is 8. The molecule has 2 aromatic rings. The maximum atomic E-state index is 9.70. The lowest BCUT2D eigenvalue weighted by atomic mass is 10.1. The van der Waals surface area contributed by atoms with Crippen LogP contribution in [0.5, 0.6) is 5.75 Å². The van der Waals surface area contributed by atoms with E-state index in [1.54, 1.807) is 13.1 Å². The van der Waals surface area contributed by atoms with Gasteiger partial charge in [-0.2, -0.15) is 0 Å². The van der Waals surface area contributed by atoms with Gasteiger partial charge in [-0.05, 0) is 19.9 Å². The van der Waals surface area contributed by atoms with Crippen molar-refractivity contribution in [1.29, 1.82) is 0 Å². The Balaban J connectivity index is 2.10. The zero-order valence-corrected chi connectivity index (χ0v) is 12.6. The van der Waals surface area contributed by atoms with Crippen LogP contribution in [-0.4, -0.2) is 39.2 Å². The first-order valence-electron chi connectivity index (χ1n) is 7.28. The maximum absolute atomic E-state index is 9.70. The van der Waals surface area contributed by atoms with Crippen LogP contribution in [0.1, 0.15) is 25.2 Å². The van der Waals surface area contributed by atoms with Crippen LogP contribution < -0.4 is 4.74 Å². The molecule has 0 aliphatic carbocycles. The molecule has 0 fully saturated rings. The topological polar surface area (TPSA) is 61.4 Å². The molecule has 5 heteroatoms. The molecule has 0 radical (unpaired) electrons. The van der Waals surface area contributed by atoms with Gasteiger partial charge in [0.05, 0.1) is 19.3 Å². The molecule has 1 heterocycles. The highest BCUT2D eigenvalue weighted by Crippen LogP contribution is 2.20. The molecule has 0 saturated heterocycles. The number of imidazole rings is 1. The van der Waals surface area contributed by atoms with Gasteiger partial charge in [-0.15, -0.1) is 0 Å². The molecule has 2 N–H and O–H groups in total. The van der Waals surface area contributed by atoms with E-state index < -0.39 is 0 Å². The van der Waals surface area contributed by atoms with Gasteiger partial charge in [0.15, 0.2) is 0 Å². The number of para-hydroxylation sites is 1. The molecule has 0 amide bonds. The molecule has 5 nitrogen and oxygen atoms in total. The summed E-state index contributed by atoms with van der Waals surface area (Å²) in [4.78, 5) is 9.51. The predicted molar refractivity (Wildman–Crippen MR) is 82.0 cm³/mol.